The van der Waals surface area contributed by atoms with E-state index >= 15 is 17.6 Å². The summed E-state index contributed by atoms with van der Waals surface area (Å²) in [7, 11) is -18.4. The Bertz CT molecular complexity index is 6820. The van der Waals surface area contributed by atoms with E-state index in [1.54, 1.807) is 0 Å². The van der Waals surface area contributed by atoms with Gasteiger partial charge in [-0.05, 0) is 122 Å². The van der Waals surface area contributed by atoms with Crippen molar-refractivity contribution in [3.05, 3.63) is 223 Å². The van der Waals surface area contributed by atoms with Gasteiger partial charge in [0, 0.05) is 67.1 Å². The van der Waals surface area contributed by atoms with Crippen molar-refractivity contribution in [2.24, 2.45) is 0 Å². The van der Waals surface area contributed by atoms with Crippen LogP contribution in [0.4, 0.5) is 17.6 Å². The monoisotopic (exact) mass is 2040 g/mol. The Labute approximate surface area is 758 Å². The summed E-state index contributed by atoms with van der Waals surface area (Å²) in [6.45, 7) is -11.3. The van der Waals surface area contributed by atoms with Crippen molar-refractivity contribution in [3.8, 4) is 23.0 Å². The zero-order valence-corrected chi connectivity index (χ0v) is 72.7. The summed E-state index contributed by atoms with van der Waals surface area (Å²) in [4.78, 5) is 99.4. The van der Waals surface area contributed by atoms with Crippen LogP contribution in [0.15, 0.2) is 117 Å². The standard InChI is InChI=1S/4C17H15ClFN2O9PS/c4*18-10-1-2-11-8(3-10)6-27-31(26,30-11)28-7-17(19)13(24)12(23)15(29-17)21-4-9(5-22)14(25)20-16(21)32/h4*1-5,12-13,15,23-24H,6-7H2,(H,20,25,32)/t4*12-,13+,15-,17-,31?/m1111/s1/i7D2,15D;15D;7D2;. The minimum Gasteiger partial charge on any atom is -0.404 e. The number of alkyl halides is 4. The van der Waals surface area contributed by atoms with Crippen LogP contribution in [0.3, 0.4) is 0 Å². The van der Waals surface area contributed by atoms with Crippen molar-refractivity contribution < 1.29 is 177 Å². The molecule has 4 saturated heterocycles. The van der Waals surface area contributed by atoms with Gasteiger partial charge in [0.05, 0.1) is 56.9 Å². The Balaban J connectivity index is 0.000000152. The molecule has 20 atom stereocenters. The van der Waals surface area contributed by atoms with Crippen molar-refractivity contribution in [2.75, 3.05) is 26.3 Å². The second-order valence-electron chi connectivity index (χ2n) is 27.0. The number of phosphoric ester groups is 4. The predicted octanol–water partition coefficient (Wildman–Crippen LogP) is 8.09. The number of benzene rings is 4. The Morgan fingerprint density at radius 3 is 0.961 bits per heavy atom. The maximum Gasteiger partial charge on any atom is 0.530 e. The number of aromatic nitrogens is 8. The molecule has 8 aliphatic rings. The quantitative estimate of drug-likeness (QED) is 0.0148. The second kappa shape index (κ2) is 38.4. The van der Waals surface area contributed by atoms with Crippen LogP contribution in [0.25, 0.3) is 0 Å². The molecule has 4 fully saturated rings. The normalized spacial score (nSPS) is 33.8. The van der Waals surface area contributed by atoms with Crippen molar-refractivity contribution in [2.45, 2.75) is 124 Å². The number of ether oxygens (including phenoxy) is 4. The van der Waals surface area contributed by atoms with Gasteiger partial charge >= 0.3 is 31.3 Å². The van der Waals surface area contributed by atoms with Gasteiger partial charge in [-0.3, -0.25) is 113 Å². The van der Waals surface area contributed by atoms with Gasteiger partial charge in [-0.1, -0.05) is 46.4 Å². The SMILES string of the molecule is O=Cc1cn([C@@H]2O[C@](F)(COP3(=O)OCc4cc(Cl)ccc4O3)[C@@H](O)[C@H]2O)c(=S)[nH]c1=O.[2H]C([2H])(OP1(=O)OCc2cc(Cl)ccc2O1)[C@@]1(F)O[C@@H](n2cc(C=O)c(=O)[nH]c2=S)[C@H](O)[C@@H]1O.[2H]C([2H])(OP1(=O)OCc2cc(Cl)ccc2O1)[C@@]1(F)O[C@@]([2H])(n2cc(C=O)c(=O)[nH]c2=S)[C@H](O)[C@@H]1O.[2H][C@@]1(n2cc(C=O)c(=O)[nH]c2=S)O[C@](F)(COP2(=O)OCc3cc(Cl)ccc3O2)[C@@H](O)[C@H]1O. The van der Waals surface area contributed by atoms with Crippen LogP contribution in [0, 0.1) is 19.1 Å². The summed E-state index contributed by atoms with van der Waals surface area (Å²) in [6, 6.07) is 17.1. The van der Waals surface area contributed by atoms with Crippen LogP contribution < -0.4 is 40.3 Å². The molecule has 4 aromatic heterocycles. The van der Waals surface area contributed by atoms with Gasteiger partial charge in [0.25, 0.3) is 45.7 Å². The summed E-state index contributed by atoms with van der Waals surface area (Å²) in [5.41, 5.74) is -3.81. The molecule has 0 spiro atoms. The smallest absolute Gasteiger partial charge is 0.404 e. The molecular weight excluding hydrogens is 1970 g/mol. The highest BCUT2D eigenvalue weighted by molar-refractivity contribution is 7.71. The van der Waals surface area contributed by atoms with Gasteiger partial charge in [-0.25, -0.2) is 35.8 Å². The summed E-state index contributed by atoms with van der Waals surface area (Å²) in [6.07, 6.45) is -24.6. The Hall–Kier alpha value is -7.84. The number of carbonyl (C=O) groups is 4. The molecule has 8 aromatic rings. The minimum absolute atomic E-state index is 0.0190. The van der Waals surface area contributed by atoms with E-state index in [4.69, 9.17) is 177 Å². The fourth-order valence-corrected chi connectivity index (χ4v) is 18.3. The van der Waals surface area contributed by atoms with Gasteiger partial charge in [-0.2, -0.15) is 0 Å². The van der Waals surface area contributed by atoms with Crippen LogP contribution in [-0.4, -0.2) is 203 Å². The highest BCUT2D eigenvalue weighted by atomic mass is 35.5. The first-order chi connectivity index (χ1) is 62.4. The van der Waals surface area contributed by atoms with E-state index in [-0.39, 0.29) is 78.3 Å². The van der Waals surface area contributed by atoms with E-state index in [0.717, 1.165) is 27.7 Å². The fraction of sp³-hybridized carbons (Fsp3) is 0.353. The predicted molar refractivity (Wildman–Crippen MR) is 431 cm³/mol. The Morgan fingerprint density at radius 1 is 0.406 bits per heavy atom. The zero-order chi connectivity index (χ0) is 98.5. The molecule has 0 amide bonds. The Kier molecular flexibility index (Phi) is 26.8. The lowest BCUT2D eigenvalue weighted by Crippen LogP contribution is -2.43. The van der Waals surface area contributed by atoms with Crippen molar-refractivity contribution in [1.82, 2.24) is 38.2 Å². The van der Waals surface area contributed by atoms with E-state index in [0.29, 0.717) is 57.7 Å². The molecular formula is C68H60Cl4F4N8O36P4S4. The van der Waals surface area contributed by atoms with E-state index in [1.807, 2.05) is 4.98 Å². The number of phosphoric acid groups is 4. The number of aliphatic hydroxyl groups is 8. The average Bonchev–Trinajstić information content (AvgIpc) is 1.56. The maximum atomic E-state index is 15.9. The van der Waals surface area contributed by atoms with Crippen molar-refractivity contribution >= 4 is 152 Å². The van der Waals surface area contributed by atoms with Gasteiger partial charge in [0.2, 0.25) is 0 Å². The number of aldehydes is 4. The van der Waals surface area contributed by atoms with E-state index in [2.05, 4.69) is 15.0 Å². The summed E-state index contributed by atoms with van der Waals surface area (Å²) >= 11 is 43.1. The topological polar surface area (TPSA) is 597 Å². The average molecular weight is 2040 g/mol. The number of nitrogens with zero attached hydrogens (tertiary/aromatic N) is 4. The fourth-order valence-electron chi connectivity index (χ4n) is 11.9. The van der Waals surface area contributed by atoms with Gasteiger partial charge in [0.1, 0.15) is 98.2 Å². The third kappa shape index (κ3) is 20.7. The first kappa shape index (κ1) is 89.4. The summed E-state index contributed by atoms with van der Waals surface area (Å²) in [5, 5.41) is 84.0. The Morgan fingerprint density at radius 2 is 0.648 bits per heavy atom. The van der Waals surface area contributed by atoms with Crippen LogP contribution in [0.5, 0.6) is 23.0 Å². The van der Waals surface area contributed by atoms with E-state index in [1.165, 1.54) is 72.8 Å². The number of nitrogens with one attached hydrogen (secondary N) is 4. The van der Waals surface area contributed by atoms with Gasteiger partial charge < -0.3 is 77.9 Å². The number of hydrogen-bond acceptors (Lipinski definition) is 40. The molecule has 8 aliphatic heterocycles. The molecule has 60 heteroatoms. The molecule has 128 heavy (non-hydrogen) atoms. The highest BCUT2D eigenvalue weighted by Crippen LogP contribution is 2.61. The molecule has 688 valence electrons. The molecule has 0 radical (unpaired) electrons. The molecule has 4 aromatic carbocycles. The van der Waals surface area contributed by atoms with Gasteiger partial charge in [0.15, 0.2) is 69.1 Å². The lowest BCUT2D eigenvalue weighted by atomic mass is 10.1. The number of H-pyrrole nitrogens is 4. The maximum absolute atomic E-state index is 15.9. The minimum atomic E-state index is -4.88. The molecule has 16 rings (SSSR count). The summed E-state index contributed by atoms with van der Waals surface area (Å²) < 4.78 is 243. The van der Waals surface area contributed by atoms with Crippen LogP contribution in [-0.2, 0) is 99.8 Å². The van der Waals surface area contributed by atoms with Crippen LogP contribution >= 0.6 is 127 Å². The van der Waals surface area contributed by atoms with Crippen LogP contribution in [0.1, 0.15) is 96.8 Å². The molecule has 4 unspecified atom stereocenters. The molecule has 0 saturated carbocycles. The number of carbonyl (C=O) groups excluding carboxylic acids is 4. The highest BCUT2D eigenvalue weighted by Gasteiger charge is 2.62. The second-order valence-corrected chi connectivity index (χ2v) is 36.5. The molecule has 12 N–H and O–H groups in total. The lowest BCUT2D eigenvalue weighted by Gasteiger charge is -2.28. The molecule has 44 nitrogen and oxygen atoms in total. The zero-order valence-electron chi connectivity index (χ0n) is 68.8. The molecule has 0 aliphatic carbocycles. The number of aromatic amines is 4. The van der Waals surface area contributed by atoms with Crippen molar-refractivity contribution in [1.29, 1.82) is 0 Å². The van der Waals surface area contributed by atoms with E-state index in [9.17, 15) is 97.5 Å². The lowest BCUT2D eigenvalue weighted by molar-refractivity contribution is -0.205. The van der Waals surface area contributed by atoms with Crippen LogP contribution in [0.2, 0.25) is 20.1 Å². The van der Waals surface area contributed by atoms with Crippen molar-refractivity contribution in [3.63, 3.8) is 0 Å². The number of hydrogen-bond donors (Lipinski definition) is 12. The number of halogens is 8. The first-order valence-electron chi connectivity index (χ1n) is 38.2. The summed E-state index contributed by atoms with van der Waals surface area (Å²) in [5.74, 6) is -14.1. The number of rotatable bonds is 20. The van der Waals surface area contributed by atoms with Gasteiger partial charge in [-0.15, -0.1) is 0 Å². The molecule has 0 bridgehead atoms. The first-order valence-corrected chi connectivity index (χ1v) is 44.2. The third-order valence-corrected chi connectivity index (χ3v) is 25.6. The van der Waals surface area contributed by atoms with E-state index < -0.39 is 215 Å². The number of fused-ring (bicyclic) bond motifs is 4. The molecule has 12 heterocycles. The largest absolute Gasteiger partial charge is 0.530 e. The third-order valence-electron chi connectivity index (χ3n) is 18.5. The number of aliphatic hydroxyl groups excluding tert-OH is 8.